The van der Waals surface area contributed by atoms with Crippen molar-refractivity contribution in [3.63, 3.8) is 0 Å². The van der Waals surface area contributed by atoms with E-state index in [1.165, 1.54) is 0 Å². The first-order valence-corrected chi connectivity index (χ1v) is 5.48. The summed E-state index contributed by atoms with van der Waals surface area (Å²) in [6.07, 6.45) is 0.757. The second-order valence-corrected chi connectivity index (χ2v) is 3.67. The lowest BCUT2D eigenvalue weighted by atomic mass is 10.2. The highest BCUT2D eigenvalue weighted by molar-refractivity contribution is 5.63. The van der Waals surface area contributed by atoms with E-state index in [9.17, 15) is 0 Å². The van der Waals surface area contributed by atoms with E-state index in [4.69, 9.17) is 15.0 Å². The van der Waals surface area contributed by atoms with Crippen molar-refractivity contribution in [3.8, 4) is 17.1 Å². The van der Waals surface area contributed by atoms with Crippen LogP contribution >= 0.6 is 0 Å². The van der Waals surface area contributed by atoms with Gasteiger partial charge in [-0.05, 0) is 18.6 Å². The summed E-state index contributed by atoms with van der Waals surface area (Å²) in [4.78, 5) is 4.28. The average molecular weight is 233 g/mol. The van der Waals surface area contributed by atoms with E-state index in [2.05, 4.69) is 10.1 Å². The molecular weight excluding hydrogens is 218 g/mol. The normalized spacial score (nSPS) is 12.4. The first-order valence-electron chi connectivity index (χ1n) is 5.48. The summed E-state index contributed by atoms with van der Waals surface area (Å²) >= 11 is 0. The maximum absolute atomic E-state index is 5.83. The van der Waals surface area contributed by atoms with E-state index in [0.29, 0.717) is 17.5 Å². The summed E-state index contributed by atoms with van der Waals surface area (Å²) in [6, 6.07) is 7.30. The van der Waals surface area contributed by atoms with Crippen molar-refractivity contribution in [1.29, 1.82) is 0 Å². The molecule has 2 N–H and O–H groups in total. The molecule has 0 fully saturated rings. The first-order chi connectivity index (χ1) is 8.26. The molecule has 2 aromatic rings. The van der Waals surface area contributed by atoms with Gasteiger partial charge in [0.05, 0.1) is 18.7 Å². The molecule has 1 aromatic heterocycles. The predicted molar refractivity (Wildman–Crippen MR) is 63.5 cm³/mol. The molecule has 1 aromatic carbocycles. The van der Waals surface area contributed by atoms with Crippen LogP contribution in [0.2, 0.25) is 0 Å². The molecule has 0 aliphatic carbocycles. The third-order valence-electron chi connectivity index (χ3n) is 2.55. The van der Waals surface area contributed by atoms with Gasteiger partial charge in [-0.2, -0.15) is 4.98 Å². The second kappa shape index (κ2) is 4.97. The van der Waals surface area contributed by atoms with E-state index in [-0.39, 0.29) is 6.04 Å². The van der Waals surface area contributed by atoms with Gasteiger partial charge in [0.25, 0.3) is 0 Å². The van der Waals surface area contributed by atoms with Gasteiger partial charge < -0.3 is 15.0 Å². The minimum absolute atomic E-state index is 0.217. The van der Waals surface area contributed by atoms with E-state index in [1.807, 2.05) is 31.2 Å². The fourth-order valence-electron chi connectivity index (χ4n) is 1.50. The Labute approximate surface area is 99.6 Å². The Morgan fingerprint density at radius 3 is 2.88 bits per heavy atom. The molecule has 0 saturated carbocycles. The zero-order valence-corrected chi connectivity index (χ0v) is 9.88. The lowest BCUT2D eigenvalue weighted by molar-refractivity contribution is 0.352. The van der Waals surface area contributed by atoms with Crippen LogP contribution in [0, 0.1) is 0 Å². The van der Waals surface area contributed by atoms with E-state index >= 15 is 0 Å². The topological polar surface area (TPSA) is 74.2 Å². The number of para-hydroxylation sites is 1. The number of ether oxygens (including phenoxy) is 1. The lowest BCUT2D eigenvalue weighted by Crippen LogP contribution is -2.08. The van der Waals surface area contributed by atoms with Crippen LogP contribution in [0.15, 0.2) is 28.8 Å². The molecule has 90 valence electrons. The summed E-state index contributed by atoms with van der Waals surface area (Å²) in [5.74, 6) is 1.67. The fraction of sp³-hybridized carbons (Fsp3) is 0.333. The standard InChI is InChI=1S/C12H15N3O2/c1-3-9(13)12-14-11(15-17-12)8-6-4-5-7-10(8)16-2/h4-7,9H,3,13H2,1-2H3/t9-/m0/s1. The predicted octanol–water partition coefficient (Wildman–Crippen LogP) is 2.16. The molecule has 5 nitrogen and oxygen atoms in total. The molecule has 0 aliphatic heterocycles. The van der Waals surface area contributed by atoms with Crippen molar-refractivity contribution >= 4 is 0 Å². The van der Waals surface area contributed by atoms with Gasteiger partial charge in [-0.25, -0.2) is 0 Å². The summed E-state index contributed by atoms with van der Waals surface area (Å²) in [6.45, 7) is 1.97. The molecule has 0 amide bonds. The van der Waals surface area contributed by atoms with Crippen molar-refractivity contribution in [1.82, 2.24) is 10.1 Å². The number of nitrogens with two attached hydrogens (primary N) is 1. The Balaban J connectivity index is 2.37. The molecule has 0 aliphatic rings. The smallest absolute Gasteiger partial charge is 0.243 e. The Hall–Kier alpha value is -1.88. The SMILES string of the molecule is CC[C@H](N)c1nc(-c2ccccc2OC)no1. The molecular formula is C12H15N3O2. The highest BCUT2D eigenvalue weighted by Crippen LogP contribution is 2.27. The van der Waals surface area contributed by atoms with Gasteiger partial charge >= 0.3 is 0 Å². The maximum Gasteiger partial charge on any atom is 0.243 e. The van der Waals surface area contributed by atoms with Crippen LogP contribution in [0.5, 0.6) is 5.75 Å². The van der Waals surface area contributed by atoms with Crippen LogP contribution in [0.1, 0.15) is 25.3 Å². The van der Waals surface area contributed by atoms with Gasteiger partial charge in [0.2, 0.25) is 11.7 Å². The van der Waals surface area contributed by atoms with E-state index in [1.54, 1.807) is 7.11 Å². The van der Waals surface area contributed by atoms with Crippen LogP contribution in [0.25, 0.3) is 11.4 Å². The number of methoxy groups -OCH3 is 1. The van der Waals surface area contributed by atoms with Crippen LogP contribution in [-0.4, -0.2) is 17.3 Å². The maximum atomic E-state index is 5.83. The summed E-state index contributed by atoms with van der Waals surface area (Å²) < 4.78 is 10.4. The second-order valence-electron chi connectivity index (χ2n) is 3.67. The van der Waals surface area contributed by atoms with Gasteiger partial charge in [-0.1, -0.05) is 24.2 Å². The third-order valence-corrected chi connectivity index (χ3v) is 2.55. The minimum atomic E-state index is -0.217. The molecule has 1 heterocycles. The quantitative estimate of drug-likeness (QED) is 0.875. The summed E-state index contributed by atoms with van der Waals surface area (Å²) in [5, 5.41) is 3.92. The van der Waals surface area contributed by atoms with Crippen LogP contribution in [-0.2, 0) is 0 Å². The van der Waals surface area contributed by atoms with Crippen molar-refractivity contribution in [2.75, 3.05) is 7.11 Å². The fourth-order valence-corrected chi connectivity index (χ4v) is 1.50. The van der Waals surface area contributed by atoms with Gasteiger partial charge in [-0.15, -0.1) is 0 Å². The Morgan fingerprint density at radius 2 is 2.18 bits per heavy atom. The third kappa shape index (κ3) is 2.29. The van der Waals surface area contributed by atoms with Crippen LogP contribution in [0.3, 0.4) is 0 Å². The highest BCUT2D eigenvalue weighted by atomic mass is 16.5. The average Bonchev–Trinajstić information content (AvgIpc) is 2.87. The zero-order valence-electron chi connectivity index (χ0n) is 9.88. The van der Waals surface area contributed by atoms with E-state index < -0.39 is 0 Å². The molecule has 2 rings (SSSR count). The first kappa shape index (κ1) is 11.6. The number of hydrogen-bond donors (Lipinski definition) is 1. The molecule has 0 spiro atoms. The monoisotopic (exact) mass is 233 g/mol. The van der Waals surface area contributed by atoms with Crippen molar-refractivity contribution in [3.05, 3.63) is 30.2 Å². The molecule has 0 unspecified atom stereocenters. The van der Waals surface area contributed by atoms with E-state index in [0.717, 1.165) is 12.0 Å². The molecule has 0 radical (unpaired) electrons. The zero-order chi connectivity index (χ0) is 12.3. The summed E-state index contributed by atoms with van der Waals surface area (Å²) in [5.41, 5.74) is 6.63. The van der Waals surface area contributed by atoms with Crippen molar-refractivity contribution < 1.29 is 9.26 Å². The van der Waals surface area contributed by atoms with Gasteiger partial charge in [0.1, 0.15) is 5.75 Å². The largest absolute Gasteiger partial charge is 0.496 e. The number of aromatic nitrogens is 2. The molecule has 5 heteroatoms. The number of rotatable bonds is 4. The number of benzene rings is 1. The van der Waals surface area contributed by atoms with Crippen LogP contribution < -0.4 is 10.5 Å². The Kier molecular flexibility index (Phi) is 3.39. The molecule has 17 heavy (non-hydrogen) atoms. The van der Waals surface area contributed by atoms with Gasteiger partial charge in [0, 0.05) is 0 Å². The molecule has 0 bridgehead atoms. The molecule has 0 saturated heterocycles. The Bertz CT molecular complexity index is 496. The Morgan fingerprint density at radius 1 is 1.41 bits per heavy atom. The number of hydrogen-bond acceptors (Lipinski definition) is 5. The molecule has 1 atom stereocenters. The lowest BCUT2D eigenvalue weighted by Gasteiger charge is -2.03. The van der Waals surface area contributed by atoms with Crippen molar-refractivity contribution in [2.24, 2.45) is 5.73 Å². The van der Waals surface area contributed by atoms with Gasteiger partial charge in [-0.3, -0.25) is 0 Å². The summed E-state index contributed by atoms with van der Waals surface area (Å²) in [7, 11) is 1.61. The van der Waals surface area contributed by atoms with Gasteiger partial charge in [0.15, 0.2) is 0 Å². The minimum Gasteiger partial charge on any atom is -0.496 e. The highest BCUT2D eigenvalue weighted by Gasteiger charge is 2.16. The number of nitrogens with zero attached hydrogens (tertiary/aromatic N) is 2. The van der Waals surface area contributed by atoms with Crippen LogP contribution in [0.4, 0.5) is 0 Å². The van der Waals surface area contributed by atoms with Crippen molar-refractivity contribution in [2.45, 2.75) is 19.4 Å².